The van der Waals surface area contributed by atoms with Gasteiger partial charge in [0, 0.05) is 30.0 Å². The maximum absolute atomic E-state index is 13.2. The summed E-state index contributed by atoms with van der Waals surface area (Å²) in [6, 6.07) is 7.23. The van der Waals surface area contributed by atoms with Gasteiger partial charge in [-0.2, -0.15) is 10.8 Å². The SMILES string of the molecule is CC1(C(=O)N2CCC[C@@H](C3=C4C=NC=C[N+]4(N)C(c4ccc(C(=O)Nc5cscn5)cc4)=N3)C2)COC1. The first kappa shape index (κ1) is 23.9. The molecule has 1 aromatic carbocycles. The zero-order chi connectivity index (χ0) is 25.6. The van der Waals surface area contributed by atoms with E-state index in [0.29, 0.717) is 37.0 Å². The summed E-state index contributed by atoms with van der Waals surface area (Å²) in [6.45, 7) is 4.25. The number of carbonyl (C=O) groups excluding carboxylic acids is 2. The summed E-state index contributed by atoms with van der Waals surface area (Å²) in [5, 5.41) is 4.57. The highest BCUT2D eigenvalue weighted by Crippen LogP contribution is 2.39. The van der Waals surface area contributed by atoms with Crippen molar-refractivity contribution in [3.05, 3.63) is 70.1 Å². The lowest BCUT2D eigenvalue weighted by molar-refractivity contribution is -0.750. The standard InChI is InChI=1S/C26H27N7O3S/c1-26(14-36-15-26)25(35)32-9-2-3-19(12-32)22-20-11-28-8-10-33(20,27)23(31-22)17-4-6-18(7-5-17)24(34)30-21-13-37-16-29-21/h4-8,10-11,13,16,19H,2-3,9,12,14-15,27H2,1H3/p+1/t19-,33?/m1/s1. The van der Waals surface area contributed by atoms with Gasteiger partial charge in [0.1, 0.15) is 17.7 Å². The van der Waals surface area contributed by atoms with E-state index in [1.54, 1.807) is 35.4 Å². The van der Waals surface area contributed by atoms with Crippen LogP contribution in [0.5, 0.6) is 0 Å². The minimum atomic E-state index is -0.431. The van der Waals surface area contributed by atoms with Crippen molar-refractivity contribution < 1.29 is 18.9 Å². The van der Waals surface area contributed by atoms with Gasteiger partial charge in [-0.1, -0.05) is 0 Å². The summed E-state index contributed by atoms with van der Waals surface area (Å²) in [4.78, 5) is 41.2. The van der Waals surface area contributed by atoms with Gasteiger partial charge in [-0.25, -0.2) is 4.98 Å². The second-order valence-electron chi connectivity index (χ2n) is 10.1. The molecule has 3 N–H and O–H groups in total. The summed E-state index contributed by atoms with van der Waals surface area (Å²) in [7, 11) is 0. The third kappa shape index (κ3) is 4.13. The number of piperidine rings is 1. The van der Waals surface area contributed by atoms with Gasteiger partial charge in [0.2, 0.25) is 11.6 Å². The molecule has 2 saturated heterocycles. The molecular formula is C26H28N7O3S+. The number of hydrogen-bond donors (Lipinski definition) is 2. The number of anilines is 1. The predicted molar refractivity (Wildman–Crippen MR) is 140 cm³/mol. The normalized spacial score (nSPS) is 25.9. The zero-order valence-corrected chi connectivity index (χ0v) is 21.3. The van der Waals surface area contributed by atoms with E-state index >= 15 is 0 Å². The molecule has 37 heavy (non-hydrogen) atoms. The highest BCUT2D eigenvalue weighted by atomic mass is 32.1. The number of aliphatic imine (C=N–C) groups is 2. The molecule has 2 atom stereocenters. The molecule has 4 aliphatic rings. The number of ether oxygens (including phenoxy) is 1. The fourth-order valence-corrected chi connectivity index (χ4v) is 5.72. The number of aromatic nitrogens is 1. The second-order valence-corrected chi connectivity index (χ2v) is 10.8. The van der Waals surface area contributed by atoms with E-state index in [2.05, 4.69) is 15.3 Å². The van der Waals surface area contributed by atoms with Crippen LogP contribution in [0, 0.1) is 11.3 Å². The maximum Gasteiger partial charge on any atom is 0.264 e. The van der Waals surface area contributed by atoms with Crippen LogP contribution in [-0.2, 0) is 9.53 Å². The second kappa shape index (κ2) is 9.10. The van der Waals surface area contributed by atoms with Crippen LogP contribution in [0.1, 0.15) is 35.7 Å². The molecule has 2 fully saturated rings. The largest absolute Gasteiger partial charge is 0.379 e. The molecule has 1 unspecified atom stereocenters. The van der Waals surface area contributed by atoms with Crippen molar-refractivity contribution in [1.82, 2.24) is 9.88 Å². The van der Waals surface area contributed by atoms with E-state index in [1.807, 2.05) is 30.2 Å². The van der Waals surface area contributed by atoms with E-state index in [0.717, 1.165) is 36.3 Å². The number of quaternary nitrogens is 1. The van der Waals surface area contributed by atoms with E-state index < -0.39 is 5.41 Å². The van der Waals surface area contributed by atoms with Gasteiger partial charge >= 0.3 is 0 Å². The highest BCUT2D eigenvalue weighted by Gasteiger charge is 2.48. The smallest absolute Gasteiger partial charge is 0.264 e. The number of amides is 2. The number of thiazole rings is 1. The van der Waals surface area contributed by atoms with E-state index in [1.165, 1.54) is 11.3 Å². The van der Waals surface area contributed by atoms with Gasteiger partial charge in [0.25, 0.3) is 11.7 Å². The Morgan fingerprint density at radius 1 is 1.27 bits per heavy atom. The van der Waals surface area contributed by atoms with Gasteiger partial charge < -0.3 is 15.0 Å². The average Bonchev–Trinajstić information content (AvgIpc) is 3.52. The molecule has 2 amide bonds. The first-order chi connectivity index (χ1) is 17.9. The molecule has 2 aromatic rings. The van der Waals surface area contributed by atoms with Crippen molar-refractivity contribution >= 4 is 41.0 Å². The Hall–Kier alpha value is -3.51. The number of fused-ring (bicyclic) bond motifs is 1. The van der Waals surface area contributed by atoms with Crippen molar-refractivity contribution in [2.75, 3.05) is 31.6 Å². The number of likely N-dealkylation sites (tertiary alicyclic amines) is 1. The lowest BCUT2D eigenvalue weighted by Crippen LogP contribution is -2.55. The molecule has 0 spiro atoms. The molecule has 4 aliphatic heterocycles. The number of allylic oxidation sites excluding steroid dienone is 1. The number of hydrogen-bond acceptors (Lipinski definition) is 8. The Morgan fingerprint density at radius 2 is 2.08 bits per heavy atom. The van der Waals surface area contributed by atoms with Crippen molar-refractivity contribution in [2.45, 2.75) is 19.8 Å². The van der Waals surface area contributed by atoms with Crippen LogP contribution in [0.25, 0.3) is 0 Å². The van der Waals surface area contributed by atoms with E-state index in [9.17, 15) is 9.59 Å². The summed E-state index contributed by atoms with van der Waals surface area (Å²) >= 11 is 1.42. The van der Waals surface area contributed by atoms with Crippen molar-refractivity contribution in [3.63, 3.8) is 0 Å². The van der Waals surface area contributed by atoms with Crippen LogP contribution in [0.4, 0.5) is 5.82 Å². The van der Waals surface area contributed by atoms with Crippen LogP contribution in [0.3, 0.4) is 0 Å². The Labute approximate surface area is 218 Å². The number of benzene rings is 1. The van der Waals surface area contributed by atoms with Crippen molar-refractivity contribution in [3.8, 4) is 0 Å². The number of amidine groups is 1. The first-order valence-electron chi connectivity index (χ1n) is 12.3. The molecule has 0 aliphatic carbocycles. The van der Waals surface area contributed by atoms with Crippen molar-refractivity contribution in [2.24, 2.45) is 27.2 Å². The number of nitrogens with one attached hydrogen (secondary N) is 1. The number of carbonyl (C=O) groups is 2. The molecule has 11 heteroatoms. The predicted octanol–water partition coefficient (Wildman–Crippen LogP) is 2.89. The third-order valence-electron chi connectivity index (χ3n) is 7.35. The molecule has 1 aromatic heterocycles. The van der Waals surface area contributed by atoms with Crippen LogP contribution in [-0.4, -0.2) is 64.6 Å². The van der Waals surface area contributed by atoms with Gasteiger partial charge in [-0.05, 0) is 44.0 Å². The molecule has 6 rings (SSSR count). The number of rotatable bonds is 5. The van der Waals surface area contributed by atoms with E-state index in [4.69, 9.17) is 15.6 Å². The molecule has 0 bridgehead atoms. The van der Waals surface area contributed by atoms with Crippen LogP contribution < -0.4 is 11.2 Å². The van der Waals surface area contributed by atoms with E-state index in [-0.39, 0.29) is 22.3 Å². The van der Waals surface area contributed by atoms with Gasteiger partial charge in [0.15, 0.2) is 0 Å². The molecular weight excluding hydrogens is 490 g/mol. The Balaban J connectivity index is 1.26. The lowest BCUT2D eigenvalue weighted by atomic mass is 9.85. The Morgan fingerprint density at radius 3 is 2.78 bits per heavy atom. The van der Waals surface area contributed by atoms with Gasteiger partial charge in [-0.15, -0.1) is 15.9 Å². The Bertz CT molecular complexity index is 1360. The lowest BCUT2D eigenvalue weighted by Gasteiger charge is -2.42. The summed E-state index contributed by atoms with van der Waals surface area (Å²) in [5.41, 5.74) is 4.23. The third-order valence-corrected chi connectivity index (χ3v) is 7.94. The monoisotopic (exact) mass is 518 g/mol. The topological polar surface area (TPSA) is 122 Å². The summed E-state index contributed by atoms with van der Waals surface area (Å²) < 4.78 is 5.22. The minimum Gasteiger partial charge on any atom is -0.379 e. The molecule has 190 valence electrons. The molecule has 10 nitrogen and oxygen atoms in total. The van der Waals surface area contributed by atoms with Crippen LogP contribution in [0.2, 0.25) is 0 Å². The maximum atomic E-state index is 13.2. The highest BCUT2D eigenvalue weighted by molar-refractivity contribution is 7.07. The summed E-state index contributed by atoms with van der Waals surface area (Å²) in [5.74, 6) is 8.06. The quantitative estimate of drug-likeness (QED) is 0.466. The zero-order valence-electron chi connectivity index (χ0n) is 20.5. The molecule has 5 heterocycles. The molecule has 0 radical (unpaired) electrons. The first-order valence-corrected chi connectivity index (χ1v) is 13.2. The van der Waals surface area contributed by atoms with Gasteiger partial charge in [0.05, 0.1) is 42.1 Å². The van der Waals surface area contributed by atoms with Gasteiger partial charge in [-0.3, -0.25) is 14.6 Å². The van der Waals surface area contributed by atoms with Crippen LogP contribution >= 0.6 is 11.3 Å². The number of nitrogens with zero attached hydrogens (tertiary/aromatic N) is 5. The minimum absolute atomic E-state index is 0.0527. The number of nitrogens with two attached hydrogens (primary N) is 1. The fraction of sp³-hybridized carbons (Fsp3) is 0.346. The fourth-order valence-electron chi connectivity index (χ4n) is 5.24. The summed E-state index contributed by atoms with van der Waals surface area (Å²) in [6.07, 6.45) is 7.06. The van der Waals surface area contributed by atoms with Crippen LogP contribution in [0.15, 0.2) is 68.9 Å². The average molecular weight is 519 g/mol. The van der Waals surface area contributed by atoms with Crippen molar-refractivity contribution in [1.29, 1.82) is 0 Å². The Kier molecular flexibility index (Phi) is 5.87. The molecule has 0 saturated carbocycles.